The lowest BCUT2D eigenvalue weighted by molar-refractivity contribution is 0.0697. The van der Waals surface area contributed by atoms with E-state index in [1.54, 1.807) is 6.07 Å². The summed E-state index contributed by atoms with van der Waals surface area (Å²) in [6, 6.07) is 4.33. The van der Waals surface area contributed by atoms with E-state index in [0.29, 0.717) is 11.7 Å². The third-order valence-electron chi connectivity index (χ3n) is 3.44. The van der Waals surface area contributed by atoms with Gasteiger partial charge in [-0.05, 0) is 31.0 Å². The number of carbonyl (C=O) groups is 1. The van der Waals surface area contributed by atoms with Crippen molar-refractivity contribution < 1.29 is 14.3 Å². The highest BCUT2D eigenvalue weighted by Crippen LogP contribution is 2.29. The number of benzene rings is 1. The highest BCUT2D eigenvalue weighted by molar-refractivity contribution is 5.94. The molecule has 0 atom stereocenters. The van der Waals surface area contributed by atoms with Crippen molar-refractivity contribution in [2.45, 2.75) is 31.7 Å². The molecule has 0 aliphatic heterocycles. The second-order valence-electron chi connectivity index (χ2n) is 4.52. The van der Waals surface area contributed by atoms with Crippen LogP contribution in [0.4, 0.5) is 10.1 Å². The second-order valence-corrected chi connectivity index (χ2v) is 4.52. The monoisotopic (exact) mass is 237 g/mol. The van der Waals surface area contributed by atoms with Gasteiger partial charge in [-0.15, -0.1) is 0 Å². The van der Waals surface area contributed by atoms with Crippen LogP contribution in [-0.4, -0.2) is 24.2 Å². The summed E-state index contributed by atoms with van der Waals surface area (Å²) in [6.45, 7) is 0. The highest BCUT2D eigenvalue weighted by atomic mass is 19.1. The van der Waals surface area contributed by atoms with Gasteiger partial charge in [0.1, 0.15) is 5.82 Å². The summed E-state index contributed by atoms with van der Waals surface area (Å²) in [6.07, 6.45) is 4.51. The Morgan fingerprint density at radius 2 is 2.06 bits per heavy atom. The zero-order valence-electron chi connectivity index (χ0n) is 9.82. The van der Waals surface area contributed by atoms with Crippen LogP contribution in [0.15, 0.2) is 18.2 Å². The van der Waals surface area contributed by atoms with Crippen LogP contribution >= 0.6 is 0 Å². The van der Waals surface area contributed by atoms with Crippen molar-refractivity contribution in [3.8, 4) is 0 Å². The number of carboxylic acid groups (broad SMARTS) is 1. The average molecular weight is 237 g/mol. The van der Waals surface area contributed by atoms with Crippen molar-refractivity contribution in [2.75, 3.05) is 11.9 Å². The largest absolute Gasteiger partial charge is 0.478 e. The van der Waals surface area contributed by atoms with Gasteiger partial charge in [0.2, 0.25) is 0 Å². The number of halogens is 1. The Balaban J connectivity index is 2.33. The van der Waals surface area contributed by atoms with Gasteiger partial charge >= 0.3 is 5.97 Å². The molecule has 4 heteroatoms. The maximum Gasteiger partial charge on any atom is 0.337 e. The van der Waals surface area contributed by atoms with Gasteiger partial charge < -0.3 is 10.0 Å². The van der Waals surface area contributed by atoms with Crippen molar-refractivity contribution in [3.05, 3.63) is 29.6 Å². The second kappa shape index (κ2) is 4.73. The van der Waals surface area contributed by atoms with Crippen molar-refractivity contribution >= 4 is 11.7 Å². The summed E-state index contributed by atoms with van der Waals surface area (Å²) in [4.78, 5) is 13.1. The normalized spacial score (nSPS) is 16.1. The predicted molar refractivity (Wildman–Crippen MR) is 64.0 cm³/mol. The molecule has 0 aromatic heterocycles. The molecule has 1 saturated carbocycles. The molecule has 1 aromatic carbocycles. The summed E-state index contributed by atoms with van der Waals surface area (Å²) >= 11 is 0. The fourth-order valence-electron chi connectivity index (χ4n) is 2.48. The van der Waals surface area contributed by atoms with Crippen LogP contribution in [0.3, 0.4) is 0 Å². The third kappa shape index (κ3) is 2.40. The van der Waals surface area contributed by atoms with Crippen LogP contribution in [0, 0.1) is 5.82 Å². The highest BCUT2D eigenvalue weighted by Gasteiger charge is 2.23. The predicted octanol–water partition coefficient (Wildman–Crippen LogP) is 2.90. The molecule has 0 radical (unpaired) electrons. The Morgan fingerprint density at radius 3 is 2.65 bits per heavy atom. The van der Waals surface area contributed by atoms with Crippen LogP contribution in [0.5, 0.6) is 0 Å². The van der Waals surface area contributed by atoms with Crippen LogP contribution < -0.4 is 4.90 Å². The van der Waals surface area contributed by atoms with Crippen LogP contribution in [0.25, 0.3) is 0 Å². The molecule has 0 saturated heterocycles. The maximum atomic E-state index is 13.1. The van der Waals surface area contributed by atoms with Gasteiger partial charge in [0.15, 0.2) is 0 Å². The van der Waals surface area contributed by atoms with E-state index in [4.69, 9.17) is 5.11 Å². The van der Waals surface area contributed by atoms with Gasteiger partial charge in [-0.2, -0.15) is 0 Å². The fourth-order valence-corrected chi connectivity index (χ4v) is 2.48. The van der Waals surface area contributed by atoms with Gasteiger partial charge in [-0.3, -0.25) is 0 Å². The van der Waals surface area contributed by atoms with E-state index in [0.717, 1.165) is 18.9 Å². The first-order chi connectivity index (χ1) is 8.09. The van der Waals surface area contributed by atoms with Gasteiger partial charge in [0.25, 0.3) is 0 Å². The minimum absolute atomic E-state index is 0.0411. The van der Waals surface area contributed by atoms with E-state index in [2.05, 4.69) is 0 Å². The smallest absolute Gasteiger partial charge is 0.337 e. The molecule has 92 valence electrons. The Labute approximate surface area is 99.9 Å². The van der Waals surface area contributed by atoms with Gasteiger partial charge in [-0.25, -0.2) is 9.18 Å². The van der Waals surface area contributed by atoms with Crippen LogP contribution in [-0.2, 0) is 0 Å². The Hall–Kier alpha value is -1.58. The molecule has 1 fully saturated rings. The maximum absolute atomic E-state index is 13.1. The first-order valence-electron chi connectivity index (χ1n) is 5.85. The summed E-state index contributed by atoms with van der Waals surface area (Å²) in [5, 5.41) is 9.09. The topological polar surface area (TPSA) is 40.5 Å². The molecule has 0 heterocycles. The molecule has 2 rings (SSSR count). The lowest BCUT2D eigenvalue weighted by Gasteiger charge is -2.27. The fraction of sp³-hybridized carbons (Fsp3) is 0.462. The Bertz CT molecular complexity index is 427. The molecule has 1 N–H and O–H groups in total. The van der Waals surface area contributed by atoms with Crippen molar-refractivity contribution in [3.63, 3.8) is 0 Å². The van der Waals surface area contributed by atoms with E-state index in [1.165, 1.54) is 18.9 Å². The molecule has 3 nitrogen and oxygen atoms in total. The molecular formula is C13H16FNO2. The first-order valence-corrected chi connectivity index (χ1v) is 5.85. The van der Waals surface area contributed by atoms with Crippen molar-refractivity contribution in [1.82, 2.24) is 0 Å². The number of hydrogen-bond acceptors (Lipinski definition) is 2. The number of aromatic carboxylic acids is 1. The van der Waals surface area contributed by atoms with Gasteiger partial charge in [-0.1, -0.05) is 12.8 Å². The van der Waals surface area contributed by atoms with Crippen molar-refractivity contribution in [2.24, 2.45) is 0 Å². The minimum Gasteiger partial charge on any atom is -0.478 e. The van der Waals surface area contributed by atoms with Crippen LogP contribution in [0.1, 0.15) is 36.0 Å². The molecule has 0 bridgehead atoms. The standard InChI is InChI=1S/C13H16FNO2/c1-15(10-4-2-3-5-10)12-7-6-9(14)8-11(12)13(16)17/h6-8,10H,2-5H2,1H3,(H,16,17). The van der Waals surface area contributed by atoms with E-state index >= 15 is 0 Å². The summed E-state index contributed by atoms with van der Waals surface area (Å²) < 4.78 is 13.1. The molecular weight excluding hydrogens is 221 g/mol. The number of nitrogens with zero attached hydrogens (tertiary/aromatic N) is 1. The quantitative estimate of drug-likeness (QED) is 0.878. The summed E-state index contributed by atoms with van der Waals surface area (Å²) in [7, 11) is 1.88. The molecule has 0 unspecified atom stereocenters. The zero-order chi connectivity index (χ0) is 12.4. The molecule has 0 amide bonds. The summed E-state index contributed by atoms with van der Waals surface area (Å²) in [5.74, 6) is -1.59. The third-order valence-corrected chi connectivity index (χ3v) is 3.44. The Kier molecular flexibility index (Phi) is 3.31. The van der Waals surface area contributed by atoms with E-state index in [9.17, 15) is 9.18 Å². The number of hydrogen-bond donors (Lipinski definition) is 1. The summed E-state index contributed by atoms with van der Waals surface area (Å²) in [5.41, 5.74) is 0.644. The van der Waals surface area contributed by atoms with Gasteiger partial charge in [0, 0.05) is 13.1 Å². The van der Waals surface area contributed by atoms with E-state index in [-0.39, 0.29) is 5.56 Å². The SMILES string of the molecule is CN(c1ccc(F)cc1C(=O)O)C1CCCC1. The average Bonchev–Trinajstić information content (AvgIpc) is 2.81. The zero-order valence-corrected chi connectivity index (χ0v) is 9.82. The van der Waals surface area contributed by atoms with Crippen molar-refractivity contribution in [1.29, 1.82) is 0 Å². The van der Waals surface area contributed by atoms with Gasteiger partial charge in [0.05, 0.1) is 11.3 Å². The lowest BCUT2D eigenvalue weighted by atomic mass is 10.1. The van der Waals surface area contributed by atoms with E-state index < -0.39 is 11.8 Å². The first kappa shape index (κ1) is 11.9. The molecule has 1 aromatic rings. The Morgan fingerprint density at radius 1 is 1.41 bits per heavy atom. The number of rotatable bonds is 3. The molecule has 17 heavy (non-hydrogen) atoms. The number of carboxylic acids is 1. The molecule has 1 aliphatic carbocycles. The van der Waals surface area contributed by atoms with E-state index in [1.807, 2.05) is 11.9 Å². The molecule has 0 spiro atoms. The molecule has 1 aliphatic rings. The lowest BCUT2D eigenvalue weighted by Crippen LogP contribution is -2.30. The van der Waals surface area contributed by atoms with Crippen LogP contribution in [0.2, 0.25) is 0 Å². The minimum atomic E-state index is -1.08. The number of anilines is 1.